The van der Waals surface area contributed by atoms with Crippen molar-refractivity contribution in [3.63, 3.8) is 0 Å². The number of hydrogen-bond acceptors (Lipinski definition) is 3. The van der Waals surface area contributed by atoms with Crippen LogP contribution in [0, 0.1) is 5.92 Å². The van der Waals surface area contributed by atoms with Crippen LogP contribution in [0.1, 0.15) is 42.7 Å². The fourth-order valence-electron chi connectivity index (χ4n) is 5.79. The highest BCUT2D eigenvalue weighted by atomic mass is 35.5. The molecule has 1 saturated carbocycles. The predicted molar refractivity (Wildman–Crippen MR) is 137 cm³/mol. The first-order valence-electron chi connectivity index (χ1n) is 11.3. The lowest BCUT2D eigenvalue weighted by Gasteiger charge is -2.47. The van der Waals surface area contributed by atoms with Crippen LogP contribution < -0.4 is 5.32 Å². The van der Waals surface area contributed by atoms with E-state index in [1.807, 2.05) is 7.05 Å². The SMILES string of the molecule is CNC1CCC(c2ccccc2)C1C(=O)N1CCC(c2ccccc2)(N(C)C)CC1.Cl.Cl. The summed E-state index contributed by atoms with van der Waals surface area (Å²) >= 11 is 0. The van der Waals surface area contributed by atoms with Gasteiger partial charge in [-0.05, 0) is 63.9 Å². The van der Waals surface area contributed by atoms with E-state index < -0.39 is 0 Å². The van der Waals surface area contributed by atoms with E-state index in [9.17, 15) is 4.79 Å². The Morgan fingerprint density at radius 1 is 0.938 bits per heavy atom. The van der Waals surface area contributed by atoms with Gasteiger partial charge in [-0.2, -0.15) is 0 Å². The highest BCUT2D eigenvalue weighted by Gasteiger charge is 2.45. The van der Waals surface area contributed by atoms with Crippen molar-refractivity contribution in [2.24, 2.45) is 5.92 Å². The van der Waals surface area contributed by atoms with Crippen LogP contribution in [0.15, 0.2) is 60.7 Å². The normalized spacial score (nSPS) is 24.5. The molecule has 4 nitrogen and oxygen atoms in total. The summed E-state index contributed by atoms with van der Waals surface area (Å²) in [6.45, 7) is 1.64. The summed E-state index contributed by atoms with van der Waals surface area (Å²) in [6, 6.07) is 21.7. The third kappa shape index (κ3) is 4.99. The standard InChI is InChI=1S/C26H35N3O.2ClH/c1-27-23-15-14-22(20-10-6-4-7-11-20)24(23)25(30)29-18-16-26(17-19-29,28(2)3)21-12-8-5-9-13-21;;/h4-13,22-24,27H,14-19H2,1-3H3;2*1H. The zero-order chi connectivity index (χ0) is 21.1. The number of nitrogens with zero attached hydrogens (tertiary/aromatic N) is 2. The van der Waals surface area contributed by atoms with Gasteiger partial charge in [0.2, 0.25) is 5.91 Å². The Balaban J connectivity index is 0.00000181. The van der Waals surface area contributed by atoms with E-state index in [1.54, 1.807) is 0 Å². The second kappa shape index (κ2) is 11.5. The average Bonchev–Trinajstić information content (AvgIpc) is 3.24. The molecular formula is C26H37Cl2N3O. The second-order valence-corrected chi connectivity index (χ2v) is 9.13. The van der Waals surface area contributed by atoms with E-state index >= 15 is 0 Å². The quantitative estimate of drug-likeness (QED) is 0.677. The Hall–Kier alpha value is -1.59. The third-order valence-corrected chi connectivity index (χ3v) is 7.61. The Morgan fingerprint density at radius 3 is 2.03 bits per heavy atom. The molecule has 0 aromatic heterocycles. The van der Waals surface area contributed by atoms with Crippen molar-refractivity contribution in [2.75, 3.05) is 34.2 Å². The van der Waals surface area contributed by atoms with Gasteiger partial charge in [0, 0.05) is 24.7 Å². The molecular weight excluding hydrogens is 441 g/mol. The molecule has 1 amide bonds. The lowest BCUT2D eigenvalue weighted by molar-refractivity contribution is -0.139. The first kappa shape index (κ1) is 26.7. The molecule has 0 bridgehead atoms. The smallest absolute Gasteiger partial charge is 0.227 e. The Bertz CT molecular complexity index is 839. The summed E-state index contributed by atoms with van der Waals surface area (Å²) in [5.41, 5.74) is 2.67. The number of nitrogens with one attached hydrogen (secondary N) is 1. The lowest BCUT2D eigenvalue weighted by atomic mass is 9.79. The minimum Gasteiger partial charge on any atom is -0.342 e. The van der Waals surface area contributed by atoms with Crippen LogP contribution in [0.4, 0.5) is 0 Å². The molecule has 6 heteroatoms. The number of likely N-dealkylation sites (tertiary alicyclic amines) is 1. The summed E-state index contributed by atoms with van der Waals surface area (Å²) in [5, 5.41) is 3.44. The first-order chi connectivity index (χ1) is 14.6. The van der Waals surface area contributed by atoms with Gasteiger partial charge in [0.15, 0.2) is 0 Å². The molecule has 2 aromatic rings. The molecule has 1 heterocycles. The number of halogens is 2. The van der Waals surface area contributed by atoms with E-state index in [1.165, 1.54) is 11.1 Å². The zero-order valence-electron chi connectivity index (χ0n) is 19.4. The second-order valence-electron chi connectivity index (χ2n) is 9.13. The number of benzene rings is 2. The highest BCUT2D eigenvalue weighted by molar-refractivity contribution is 5.85. The average molecular weight is 479 g/mol. The summed E-state index contributed by atoms with van der Waals surface area (Å²) in [4.78, 5) is 18.2. The van der Waals surface area contributed by atoms with Crippen LogP contribution in [-0.4, -0.2) is 56.0 Å². The molecule has 1 aliphatic carbocycles. The highest BCUT2D eigenvalue weighted by Crippen LogP contribution is 2.43. The molecule has 4 rings (SSSR count). The van der Waals surface area contributed by atoms with Gasteiger partial charge in [-0.15, -0.1) is 24.8 Å². The summed E-state index contributed by atoms with van der Waals surface area (Å²) in [5.74, 6) is 0.674. The third-order valence-electron chi connectivity index (χ3n) is 7.61. The molecule has 2 aromatic carbocycles. The number of carbonyl (C=O) groups excluding carboxylic acids is 1. The van der Waals surface area contributed by atoms with Crippen LogP contribution in [0.3, 0.4) is 0 Å². The fraction of sp³-hybridized carbons (Fsp3) is 0.500. The largest absolute Gasteiger partial charge is 0.342 e. The van der Waals surface area contributed by atoms with Crippen molar-refractivity contribution in [1.82, 2.24) is 15.1 Å². The maximum Gasteiger partial charge on any atom is 0.227 e. The van der Waals surface area contributed by atoms with Gasteiger partial charge >= 0.3 is 0 Å². The van der Waals surface area contributed by atoms with Gasteiger partial charge in [0.25, 0.3) is 0 Å². The van der Waals surface area contributed by atoms with Crippen LogP contribution >= 0.6 is 24.8 Å². The Labute approximate surface area is 205 Å². The van der Waals surface area contributed by atoms with Crippen molar-refractivity contribution >= 4 is 30.7 Å². The molecule has 1 N–H and O–H groups in total. The van der Waals surface area contributed by atoms with Crippen LogP contribution in [0.25, 0.3) is 0 Å². The summed E-state index contributed by atoms with van der Waals surface area (Å²) in [7, 11) is 6.34. The lowest BCUT2D eigenvalue weighted by Crippen LogP contribution is -2.54. The number of piperidine rings is 1. The maximum absolute atomic E-state index is 13.7. The van der Waals surface area contributed by atoms with Crippen molar-refractivity contribution in [2.45, 2.75) is 43.2 Å². The fourth-order valence-corrected chi connectivity index (χ4v) is 5.79. The van der Waals surface area contributed by atoms with Gasteiger partial charge in [-0.1, -0.05) is 60.7 Å². The van der Waals surface area contributed by atoms with Crippen LogP contribution in [0.5, 0.6) is 0 Å². The van der Waals surface area contributed by atoms with Gasteiger partial charge in [0.05, 0.1) is 5.92 Å². The van der Waals surface area contributed by atoms with Crippen molar-refractivity contribution in [1.29, 1.82) is 0 Å². The minimum absolute atomic E-state index is 0. The van der Waals surface area contributed by atoms with Gasteiger partial charge in [-0.25, -0.2) is 0 Å². The zero-order valence-corrected chi connectivity index (χ0v) is 21.0. The predicted octanol–water partition coefficient (Wildman–Crippen LogP) is 4.69. The molecule has 176 valence electrons. The van der Waals surface area contributed by atoms with Crippen molar-refractivity contribution in [3.05, 3.63) is 71.8 Å². The topological polar surface area (TPSA) is 35.6 Å². The van der Waals surface area contributed by atoms with Crippen molar-refractivity contribution in [3.8, 4) is 0 Å². The van der Waals surface area contributed by atoms with Gasteiger partial charge in [0.1, 0.15) is 0 Å². The van der Waals surface area contributed by atoms with E-state index in [2.05, 4.69) is 89.9 Å². The number of rotatable bonds is 5. The van der Waals surface area contributed by atoms with E-state index in [0.717, 1.165) is 38.8 Å². The summed E-state index contributed by atoms with van der Waals surface area (Å²) in [6.07, 6.45) is 4.09. The Kier molecular flexibility index (Phi) is 9.59. The van der Waals surface area contributed by atoms with Crippen LogP contribution in [-0.2, 0) is 10.3 Å². The molecule has 0 radical (unpaired) electrons. The van der Waals surface area contributed by atoms with Crippen molar-refractivity contribution < 1.29 is 4.79 Å². The maximum atomic E-state index is 13.7. The van der Waals surface area contributed by atoms with Gasteiger partial charge < -0.3 is 10.2 Å². The van der Waals surface area contributed by atoms with Gasteiger partial charge in [-0.3, -0.25) is 9.69 Å². The molecule has 2 fully saturated rings. The molecule has 1 aliphatic heterocycles. The number of carbonyl (C=O) groups is 1. The molecule has 2 aliphatic rings. The van der Waals surface area contributed by atoms with E-state index in [0.29, 0.717) is 11.8 Å². The van der Waals surface area contributed by atoms with Crippen LogP contribution in [0.2, 0.25) is 0 Å². The molecule has 0 spiro atoms. The van der Waals surface area contributed by atoms with E-state index in [4.69, 9.17) is 0 Å². The molecule has 3 atom stereocenters. The van der Waals surface area contributed by atoms with E-state index in [-0.39, 0.29) is 42.3 Å². The number of hydrogen-bond donors (Lipinski definition) is 1. The molecule has 32 heavy (non-hydrogen) atoms. The molecule has 1 saturated heterocycles. The monoisotopic (exact) mass is 477 g/mol. The molecule has 3 unspecified atom stereocenters. The Morgan fingerprint density at radius 2 is 1.50 bits per heavy atom. The number of amides is 1. The summed E-state index contributed by atoms with van der Waals surface area (Å²) < 4.78 is 0. The minimum atomic E-state index is 0. The first-order valence-corrected chi connectivity index (χ1v) is 11.3.